The van der Waals surface area contributed by atoms with E-state index in [0.717, 1.165) is 0 Å². The summed E-state index contributed by atoms with van der Waals surface area (Å²) in [6.07, 6.45) is -0.532. The van der Waals surface area contributed by atoms with Crippen molar-refractivity contribution < 1.29 is 15.3 Å². The summed E-state index contributed by atoms with van der Waals surface area (Å²) in [5.41, 5.74) is -2.75. The maximum absolute atomic E-state index is 10.5. The third kappa shape index (κ3) is 3.44. The maximum Gasteiger partial charge on any atom is 0.119 e. The van der Waals surface area contributed by atoms with Gasteiger partial charge < -0.3 is 15.3 Å². The van der Waals surface area contributed by atoms with Gasteiger partial charge in [0.05, 0.1) is 11.7 Å². The number of aliphatic hydroxyl groups excluding tert-OH is 1. The minimum Gasteiger partial charge on any atom is -0.390 e. The molecule has 0 saturated heterocycles. The van der Waals surface area contributed by atoms with Crippen molar-refractivity contribution in [3.8, 4) is 0 Å². The molecular weight excluding hydrogens is 192 g/mol. The lowest BCUT2D eigenvalue weighted by Crippen LogP contribution is -2.60. The first-order valence-electron chi connectivity index (χ1n) is 5.65. The minimum atomic E-state index is -1.45. The zero-order valence-electron chi connectivity index (χ0n) is 10.8. The average molecular weight is 218 g/mol. The Labute approximate surface area is 93.1 Å². The molecular formula is C12H26O3. The van der Waals surface area contributed by atoms with Crippen molar-refractivity contribution in [2.75, 3.05) is 0 Å². The fourth-order valence-corrected chi connectivity index (χ4v) is 1.91. The first kappa shape index (κ1) is 14.9. The van der Waals surface area contributed by atoms with Crippen LogP contribution in [0.3, 0.4) is 0 Å². The summed E-state index contributed by atoms with van der Waals surface area (Å²) in [5.74, 6) is 0.134. The zero-order valence-corrected chi connectivity index (χ0v) is 10.8. The number of hydrogen-bond acceptors (Lipinski definition) is 3. The molecule has 0 aliphatic rings. The van der Waals surface area contributed by atoms with Crippen LogP contribution >= 0.6 is 0 Å². The molecule has 3 N–H and O–H groups in total. The minimum absolute atomic E-state index is 0.0832. The molecule has 0 radical (unpaired) electrons. The van der Waals surface area contributed by atoms with Crippen molar-refractivity contribution >= 4 is 0 Å². The van der Waals surface area contributed by atoms with E-state index in [0.29, 0.717) is 6.42 Å². The van der Waals surface area contributed by atoms with Gasteiger partial charge in [-0.05, 0) is 32.1 Å². The number of rotatable bonds is 5. The van der Waals surface area contributed by atoms with Gasteiger partial charge in [-0.25, -0.2) is 0 Å². The van der Waals surface area contributed by atoms with Crippen LogP contribution in [0.4, 0.5) is 0 Å². The van der Waals surface area contributed by atoms with Crippen molar-refractivity contribution in [3.05, 3.63) is 0 Å². The van der Waals surface area contributed by atoms with E-state index in [2.05, 4.69) is 0 Å². The van der Waals surface area contributed by atoms with Crippen molar-refractivity contribution in [2.24, 2.45) is 11.8 Å². The fraction of sp³-hybridized carbons (Fsp3) is 1.00. The van der Waals surface area contributed by atoms with E-state index in [1.807, 2.05) is 27.7 Å². The van der Waals surface area contributed by atoms with E-state index in [-0.39, 0.29) is 11.8 Å². The fourth-order valence-electron chi connectivity index (χ4n) is 1.91. The van der Waals surface area contributed by atoms with Crippen LogP contribution in [0.2, 0.25) is 0 Å². The SMILES string of the molecule is CC(C)CC(O)(C(O)C(C)C)C(C)(C)O. The van der Waals surface area contributed by atoms with Gasteiger partial charge in [0.15, 0.2) is 0 Å². The van der Waals surface area contributed by atoms with Gasteiger partial charge in [-0.1, -0.05) is 27.7 Å². The molecule has 0 aliphatic carbocycles. The van der Waals surface area contributed by atoms with E-state index in [1.165, 1.54) is 0 Å². The summed E-state index contributed by atoms with van der Waals surface area (Å²) < 4.78 is 0. The Bertz CT molecular complexity index is 194. The first-order valence-corrected chi connectivity index (χ1v) is 5.65. The largest absolute Gasteiger partial charge is 0.390 e. The topological polar surface area (TPSA) is 60.7 Å². The summed E-state index contributed by atoms with van der Waals surface area (Å²) in [5, 5.41) is 30.5. The van der Waals surface area contributed by atoms with Crippen LogP contribution in [0, 0.1) is 11.8 Å². The number of aliphatic hydroxyl groups is 3. The van der Waals surface area contributed by atoms with Gasteiger partial charge >= 0.3 is 0 Å². The van der Waals surface area contributed by atoms with Crippen LogP contribution in [0.1, 0.15) is 48.0 Å². The molecule has 0 spiro atoms. The molecule has 0 aromatic rings. The van der Waals surface area contributed by atoms with Crippen molar-refractivity contribution in [1.29, 1.82) is 0 Å². The monoisotopic (exact) mass is 218 g/mol. The van der Waals surface area contributed by atoms with E-state index in [4.69, 9.17) is 0 Å². The Hall–Kier alpha value is -0.120. The van der Waals surface area contributed by atoms with Crippen LogP contribution in [0.5, 0.6) is 0 Å². The lowest BCUT2D eigenvalue weighted by Gasteiger charge is -2.45. The van der Waals surface area contributed by atoms with E-state index in [9.17, 15) is 15.3 Å². The Morgan fingerprint density at radius 3 is 1.60 bits per heavy atom. The average Bonchev–Trinajstić information content (AvgIpc) is 1.99. The number of hydrogen-bond donors (Lipinski definition) is 3. The summed E-state index contributed by atoms with van der Waals surface area (Å²) in [6.45, 7) is 10.7. The van der Waals surface area contributed by atoms with Gasteiger partial charge in [-0.15, -0.1) is 0 Å². The van der Waals surface area contributed by atoms with Crippen LogP contribution in [-0.4, -0.2) is 32.6 Å². The van der Waals surface area contributed by atoms with Crippen molar-refractivity contribution in [3.63, 3.8) is 0 Å². The first-order chi connectivity index (χ1) is 6.52. The summed E-state index contributed by atoms with van der Waals surface area (Å²) in [6, 6.07) is 0. The Kier molecular flexibility index (Phi) is 4.77. The summed E-state index contributed by atoms with van der Waals surface area (Å²) >= 11 is 0. The molecule has 15 heavy (non-hydrogen) atoms. The second-order valence-corrected chi connectivity index (χ2v) is 5.77. The van der Waals surface area contributed by atoms with Crippen molar-refractivity contribution in [2.45, 2.75) is 65.3 Å². The lowest BCUT2D eigenvalue weighted by molar-refractivity contribution is -0.205. The van der Waals surface area contributed by atoms with Gasteiger partial charge in [0, 0.05) is 0 Å². The molecule has 0 aromatic carbocycles. The van der Waals surface area contributed by atoms with Crippen LogP contribution in [-0.2, 0) is 0 Å². The second-order valence-electron chi connectivity index (χ2n) is 5.77. The third-order valence-corrected chi connectivity index (χ3v) is 2.90. The Balaban J connectivity index is 5.03. The molecule has 3 heteroatoms. The highest BCUT2D eigenvalue weighted by Gasteiger charge is 2.49. The molecule has 92 valence electrons. The molecule has 0 saturated carbocycles. The molecule has 0 heterocycles. The smallest absolute Gasteiger partial charge is 0.119 e. The van der Waals surface area contributed by atoms with Crippen LogP contribution in [0.15, 0.2) is 0 Å². The molecule has 0 bridgehead atoms. The Morgan fingerprint density at radius 1 is 1.00 bits per heavy atom. The predicted molar refractivity (Wildman–Crippen MR) is 61.5 cm³/mol. The van der Waals surface area contributed by atoms with E-state index >= 15 is 0 Å². The third-order valence-electron chi connectivity index (χ3n) is 2.90. The summed E-state index contributed by atoms with van der Waals surface area (Å²) in [7, 11) is 0. The Morgan fingerprint density at radius 2 is 1.40 bits per heavy atom. The van der Waals surface area contributed by atoms with Crippen LogP contribution in [0.25, 0.3) is 0 Å². The maximum atomic E-state index is 10.5. The zero-order chi connectivity index (χ0) is 12.4. The normalized spacial score (nSPS) is 19.4. The lowest BCUT2D eigenvalue weighted by atomic mass is 9.72. The highest BCUT2D eigenvalue weighted by molar-refractivity contribution is 5.00. The van der Waals surface area contributed by atoms with Gasteiger partial charge in [-0.3, -0.25) is 0 Å². The molecule has 0 rings (SSSR count). The van der Waals surface area contributed by atoms with Gasteiger partial charge in [0.2, 0.25) is 0 Å². The van der Waals surface area contributed by atoms with E-state index < -0.39 is 17.3 Å². The highest BCUT2D eigenvalue weighted by Crippen LogP contribution is 2.34. The quantitative estimate of drug-likeness (QED) is 0.656. The molecule has 0 fully saturated rings. The highest BCUT2D eigenvalue weighted by atomic mass is 16.4. The summed E-state index contributed by atoms with van der Waals surface area (Å²) in [4.78, 5) is 0. The van der Waals surface area contributed by atoms with Crippen LogP contribution < -0.4 is 0 Å². The second kappa shape index (κ2) is 4.81. The standard InChI is InChI=1S/C12H26O3/c1-8(2)7-12(15,11(5,6)14)10(13)9(3)4/h8-10,13-15H,7H2,1-6H3. The predicted octanol–water partition coefficient (Wildman–Crippen LogP) is 1.55. The molecule has 3 nitrogen and oxygen atoms in total. The van der Waals surface area contributed by atoms with E-state index in [1.54, 1.807) is 13.8 Å². The molecule has 0 aromatic heterocycles. The van der Waals surface area contributed by atoms with Gasteiger partial charge in [-0.2, -0.15) is 0 Å². The molecule has 2 atom stereocenters. The van der Waals surface area contributed by atoms with Gasteiger partial charge in [0.25, 0.3) is 0 Å². The van der Waals surface area contributed by atoms with Crippen molar-refractivity contribution in [1.82, 2.24) is 0 Å². The molecule has 0 aliphatic heterocycles. The molecule has 2 unspecified atom stereocenters. The molecule has 0 amide bonds. The van der Waals surface area contributed by atoms with Gasteiger partial charge in [0.1, 0.15) is 5.60 Å².